The number of hydrogen-bond acceptors (Lipinski definition) is 3. The van der Waals surface area contributed by atoms with Crippen LogP contribution in [0.4, 0.5) is 0 Å². The van der Waals surface area contributed by atoms with E-state index in [2.05, 4.69) is 173 Å². The van der Waals surface area contributed by atoms with Crippen LogP contribution in [0.15, 0.2) is 200 Å². The summed E-state index contributed by atoms with van der Waals surface area (Å²) in [6, 6.07) is 70.2. The second-order valence-corrected chi connectivity index (χ2v) is 14.1. The molecule has 0 unspecified atom stereocenters. The van der Waals surface area contributed by atoms with Crippen molar-refractivity contribution in [2.45, 2.75) is 0 Å². The number of para-hydroxylation sites is 3. The highest BCUT2D eigenvalue weighted by Gasteiger charge is 2.21. The Morgan fingerprint density at radius 3 is 1.25 bits per heavy atom. The number of hydrogen-bond donors (Lipinski definition) is 0. The van der Waals surface area contributed by atoms with Crippen molar-refractivity contribution in [2.24, 2.45) is 0 Å². The first-order valence-corrected chi connectivity index (χ1v) is 18.9. The Hall–Kier alpha value is -7.63. The van der Waals surface area contributed by atoms with Crippen LogP contribution < -0.4 is 0 Å². The van der Waals surface area contributed by atoms with Crippen molar-refractivity contribution in [2.75, 3.05) is 0 Å². The Morgan fingerprint density at radius 2 is 0.679 bits per heavy atom. The van der Waals surface area contributed by atoms with Gasteiger partial charge in [-0.1, -0.05) is 133 Å². The standard InChI is InChI=1S/C51H33N5/c1-4-15-34(16-5-1)37-19-14-20-38(33-37)51-53-49(35-17-6-2-7-18-35)52-50(54-51)36-27-29-40(30-28-36)56-44-26-13-11-24-42(44)48-46(56)32-31-45-47(48)41-23-10-12-25-43(41)55(45)39-21-8-3-9-22-39/h1-33H. The summed E-state index contributed by atoms with van der Waals surface area (Å²) in [5, 5.41) is 4.97. The van der Waals surface area contributed by atoms with Gasteiger partial charge < -0.3 is 9.13 Å². The molecule has 0 aliphatic carbocycles. The van der Waals surface area contributed by atoms with Crippen LogP contribution in [0, 0.1) is 0 Å². The molecule has 0 amide bonds. The maximum atomic E-state index is 5.09. The molecule has 0 radical (unpaired) electrons. The third kappa shape index (κ3) is 5.21. The fourth-order valence-electron chi connectivity index (χ4n) is 8.23. The lowest BCUT2D eigenvalue weighted by Gasteiger charge is -2.11. The number of fused-ring (bicyclic) bond motifs is 7. The van der Waals surface area contributed by atoms with Crippen molar-refractivity contribution in [1.82, 2.24) is 24.1 Å². The van der Waals surface area contributed by atoms with Crippen molar-refractivity contribution in [3.63, 3.8) is 0 Å². The summed E-state index contributed by atoms with van der Waals surface area (Å²) < 4.78 is 4.77. The normalized spacial score (nSPS) is 11.6. The van der Waals surface area contributed by atoms with E-state index in [4.69, 9.17) is 15.0 Å². The van der Waals surface area contributed by atoms with E-state index in [1.165, 1.54) is 32.6 Å². The predicted molar refractivity (Wildman–Crippen MR) is 230 cm³/mol. The molecule has 262 valence electrons. The van der Waals surface area contributed by atoms with Gasteiger partial charge in [-0.2, -0.15) is 0 Å². The van der Waals surface area contributed by atoms with E-state index in [-0.39, 0.29) is 0 Å². The van der Waals surface area contributed by atoms with Gasteiger partial charge in [0.2, 0.25) is 0 Å². The Kier molecular flexibility index (Phi) is 7.42. The maximum absolute atomic E-state index is 5.09. The largest absolute Gasteiger partial charge is 0.309 e. The van der Waals surface area contributed by atoms with E-state index in [9.17, 15) is 0 Å². The van der Waals surface area contributed by atoms with Crippen LogP contribution in [0.2, 0.25) is 0 Å². The van der Waals surface area contributed by atoms with Gasteiger partial charge >= 0.3 is 0 Å². The molecule has 0 N–H and O–H groups in total. The molecule has 0 saturated heterocycles. The highest BCUT2D eigenvalue weighted by molar-refractivity contribution is 6.28. The van der Waals surface area contributed by atoms with Gasteiger partial charge in [0.1, 0.15) is 0 Å². The molecule has 3 aromatic heterocycles. The van der Waals surface area contributed by atoms with Crippen molar-refractivity contribution in [3.8, 4) is 56.7 Å². The lowest BCUT2D eigenvalue weighted by molar-refractivity contribution is 1.07. The first kappa shape index (κ1) is 31.9. The molecule has 0 bridgehead atoms. The quantitative estimate of drug-likeness (QED) is 0.172. The van der Waals surface area contributed by atoms with Gasteiger partial charge in [-0.3, -0.25) is 0 Å². The number of aromatic nitrogens is 5. The molecule has 0 aliphatic rings. The van der Waals surface area contributed by atoms with Crippen LogP contribution >= 0.6 is 0 Å². The highest BCUT2D eigenvalue weighted by atomic mass is 15.0. The zero-order valence-electron chi connectivity index (χ0n) is 30.3. The molecular formula is C51H33N5. The Bertz CT molecular complexity index is 3220. The maximum Gasteiger partial charge on any atom is 0.164 e. The molecule has 8 aromatic carbocycles. The minimum atomic E-state index is 0.628. The van der Waals surface area contributed by atoms with Crippen LogP contribution in [0.5, 0.6) is 0 Å². The minimum absolute atomic E-state index is 0.628. The molecule has 5 heteroatoms. The van der Waals surface area contributed by atoms with Crippen molar-refractivity contribution in [3.05, 3.63) is 200 Å². The fraction of sp³-hybridized carbons (Fsp3) is 0. The first-order chi connectivity index (χ1) is 27.8. The molecule has 0 spiro atoms. The topological polar surface area (TPSA) is 48.5 Å². The Balaban J connectivity index is 1.07. The molecule has 3 heterocycles. The van der Waals surface area contributed by atoms with Crippen molar-refractivity contribution in [1.29, 1.82) is 0 Å². The highest BCUT2D eigenvalue weighted by Crippen LogP contribution is 2.42. The second kappa shape index (κ2) is 13.0. The average Bonchev–Trinajstić information content (AvgIpc) is 3.80. The molecular weight excluding hydrogens is 683 g/mol. The second-order valence-electron chi connectivity index (χ2n) is 14.1. The van der Waals surface area contributed by atoms with Crippen LogP contribution in [0.3, 0.4) is 0 Å². The summed E-state index contributed by atoms with van der Waals surface area (Å²) >= 11 is 0. The van der Waals surface area contributed by atoms with Crippen LogP contribution in [-0.4, -0.2) is 24.1 Å². The van der Waals surface area contributed by atoms with E-state index in [1.807, 2.05) is 36.4 Å². The predicted octanol–water partition coefficient (Wildman–Crippen LogP) is 12.7. The summed E-state index contributed by atoms with van der Waals surface area (Å²) in [6.45, 7) is 0. The summed E-state index contributed by atoms with van der Waals surface area (Å²) in [7, 11) is 0. The van der Waals surface area contributed by atoms with E-state index < -0.39 is 0 Å². The Labute approximate surface area is 323 Å². The van der Waals surface area contributed by atoms with Crippen LogP contribution in [0.25, 0.3) is 100 Å². The number of nitrogens with zero attached hydrogens (tertiary/aromatic N) is 5. The number of rotatable bonds is 6. The minimum Gasteiger partial charge on any atom is -0.309 e. The van der Waals surface area contributed by atoms with Crippen molar-refractivity contribution >= 4 is 43.6 Å². The van der Waals surface area contributed by atoms with Gasteiger partial charge in [0.15, 0.2) is 17.5 Å². The fourth-order valence-corrected chi connectivity index (χ4v) is 8.23. The molecule has 11 aromatic rings. The smallest absolute Gasteiger partial charge is 0.164 e. The third-order valence-corrected chi connectivity index (χ3v) is 10.8. The van der Waals surface area contributed by atoms with Crippen LogP contribution in [-0.2, 0) is 0 Å². The molecule has 11 rings (SSSR count). The van der Waals surface area contributed by atoms with E-state index in [0.717, 1.165) is 50.2 Å². The molecule has 0 atom stereocenters. The Morgan fingerprint density at radius 1 is 0.268 bits per heavy atom. The molecule has 0 aliphatic heterocycles. The molecule has 0 saturated carbocycles. The van der Waals surface area contributed by atoms with Gasteiger partial charge in [-0.15, -0.1) is 0 Å². The third-order valence-electron chi connectivity index (χ3n) is 10.8. The lowest BCUT2D eigenvalue weighted by Crippen LogP contribution is -2.00. The lowest BCUT2D eigenvalue weighted by atomic mass is 10.0. The van der Waals surface area contributed by atoms with Gasteiger partial charge in [-0.05, 0) is 77.9 Å². The summed E-state index contributed by atoms with van der Waals surface area (Å²) in [5.41, 5.74) is 12.0. The molecule has 0 fully saturated rings. The summed E-state index contributed by atoms with van der Waals surface area (Å²) in [6.07, 6.45) is 0. The molecule has 5 nitrogen and oxygen atoms in total. The van der Waals surface area contributed by atoms with E-state index >= 15 is 0 Å². The van der Waals surface area contributed by atoms with Crippen molar-refractivity contribution < 1.29 is 0 Å². The SMILES string of the molecule is c1ccc(-c2cccc(-c3nc(-c4ccccc4)nc(-c4ccc(-n5c6ccccc6c6c7c8ccccc8n(-c8ccccc8)c7ccc65)cc4)n3)c2)cc1. The zero-order chi connectivity index (χ0) is 37.0. The molecule has 56 heavy (non-hydrogen) atoms. The number of benzene rings is 8. The van der Waals surface area contributed by atoms with Gasteiger partial charge in [0.25, 0.3) is 0 Å². The summed E-state index contributed by atoms with van der Waals surface area (Å²) in [5.74, 6) is 1.90. The first-order valence-electron chi connectivity index (χ1n) is 18.9. The zero-order valence-corrected chi connectivity index (χ0v) is 30.3. The van der Waals surface area contributed by atoms with Crippen LogP contribution in [0.1, 0.15) is 0 Å². The van der Waals surface area contributed by atoms with Gasteiger partial charge in [-0.25, -0.2) is 15.0 Å². The van der Waals surface area contributed by atoms with E-state index in [1.54, 1.807) is 0 Å². The average molecular weight is 716 g/mol. The van der Waals surface area contributed by atoms with E-state index in [0.29, 0.717) is 17.5 Å². The monoisotopic (exact) mass is 715 g/mol. The van der Waals surface area contributed by atoms with Gasteiger partial charge in [0.05, 0.1) is 22.1 Å². The van der Waals surface area contributed by atoms with Gasteiger partial charge in [0, 0.05) is 49.6 Å². The summed E-state index contributed by atoms with van der Waals surface area (Å²) in [4.78, 5) is 15.1.